The van der Waals surface area contributed by atoms with Crippen molar-refractivity contribution in [3.05, 3.63) is 39.7 Å². The average Bonchev–Trinajstić information content (AvgIpc) is 2.64. The first-order chi connectivity index (χ1) is 8.00. The molecular weight excluding hydrogens is 293 g/mol. The van der Waals surface area contributed by atoms with E-state index in [1.54, 1.807) is 18.4 Å². The molecule has 1 N–H and O–H groups in total. The van der Waals surface area contributed by atoms with Gasteiger partial charge in [0.25, 0.3) is 0 Å². The van der Waals surface area contributed by atoms with Gasteiger partial charge in [-0.25, -0.2) is 0 Å². The first-order valence-corrected chi connectivity index (χ1v) is 6.37. The van der Waals surface area contributed by atoms with Gasteiger partial charge in [-0.05, 0) is 42.0 Å². The molecule has 0 aliphatic heterocycles. The van der Waals surface area contributed by atoms with Crippen LogP contribution in [0.3, 0.4) is 0 Å². The summed E-state index contributed by atoms with van der Waals surface area (Å²) in [5.74, 6) is -0.0811. The predicted octanol–water partition coefficient (Wildman–Crippen LogP) is 0.842. The van der Waals surface area contributed by atoms with Crippen LogP contribution in [-0.2, 0) is 0 Å². The molecule has 1 aromatic heterocycles. The summed E-state index contributed by atoms with van der Waals surface area (Å²) in [6.07, 6.45) is 0. The fourth-order valence-electron chi connectivity index (χ4n) is 1.54. The molecule has 0 spiro atoms. The molecule has 0 aliphatic carbocycles. The molecule has 18 heavy (non-hydrogen) atoms. The molecule has 0 atom stereocenters. The van der Waals surface area contributed by atoms with Crippen molar-refractivity contribution in [3.63, 3.8) is 0 Å². The van der Waals surface area contributed by atoms with Crippen LogP contribution in [0.1, 0.15) is 18.1 Å². The number of hydrogen-bond acceptors (Lipinski definition) is 3. The summed E-state index contributed by atoms with van der Waals surface area (Å²) < 4.78 is 0. The quantitative estimate of drug-likeness (QED) is 0.649. The molecule has 0 amide bonds. The minimum absolute atomic E-state index is 0. The van der Waals surface area contributed by atoms with Gasteiger partial charge in [0.1, 0.15) is 0 Å². The summed E-state index contributed by atoms with van der Waals surface area (Å²) in [5.41, 5.74) is 2.59. The van der Waals surface area contributed by atoms with Crippen LogP contribution < -0.4 is 56.5 Å². The molecule has 0 bridgehead atoms. The summed E-state index contributed by atoms with van der Waals surface area (Å²) in [6.45, 7) is 3.54. The normalized spacial score (nSPS) is 9.94. The Labute approximate surface area is 158 Å². The second-order valence-corrected chi connectivity index (χ2v) is 5.18. The molecule has 0 fully saturated rings. The Morgan fingerprint density at radius 1 is 1.39 bits per heavy atom. The van der Waals surface area contributed by atoms with Gasteiger partial charge in [-0.3, -0.25) is 0 Å². The van der Waals surface area contributed by atoms with Crippen molar-refractivity contribution in [3.8, 4) is 16.2 Å². The molecule has 0 aliphatic rings. The monoisotopic (exact) mass is 303 g/mol. The van der Waals surface area contributed by atoms with Crippen LogP contribution >= 0.6 is 22.9 Å². The Morgan fingerprint density at radius 2 is 2.06 bits per heavy atom. The SMILES string of the molecule is CC(=N)c1csc(-c2ccc(C)c(Cl)c2)c1[O-].[K+]. The molecule has 0 unspecified atom stereocenters. The Bertz CT molecular complexity index is 595. The third-order valence-electron chi connectivity index (χ3n) is 2.58. The largest absolute Gasteiger partial charge is 1.00 e. The van der Waals surface area contributed by atoms with Gasteiger partial charge in [0, 0.05) is 15.6 Å². The number of rotatable bonds is 2. The van der Waals surface area contributed by atoms with E-state index in [1.165, 1.54) is 11.3 Å². The molecule has 5 heteroatoms. The summed E-state index contributed by atoms with van der Waals surface area (Å²) in [6, 6.07) is 5.58. The van der Waals surface area contributed by atoms with E-state index in [2.05, 4.69) is 0 Å². The van der Waals surface area contributed by atoms with Gasteiger partial charge in [-0.15, -0.1) is 11.3 Å². The van der Waals surface area contributed by atoms with E-state index in [9.17, 15) is 5.11 Å². The molecule has 1 aromatic carbocycles. The summed E-state index contributed by atoms with van der Waals surface area (Å²) in [4.78, 5) is 0.647. The van der Waals surface area contributed by atoms with E-state index >= 15 is 0 Å². The van der Waals surface area contributed by atoms with Crippen LogP contribution in [0, 0.1) is 12.3 Å². The number of aryl methyl sites for hydroxylation is 1. The van der Waals surface area contributed by atoms with Crippen LogP contribution in [0.2, 0.25) is 5.02 Å². The maximum atomic E-state index is 12.0. The van der Waals surface area contributed by atoms with Crippen molar-refractivity contribution < 1.29 is 56.5 Å². The molecule has 0 saturated carbocycles. The first-order valence-electron chi connectivity index (χ1n) is 5.11. The maximum absolute atomic E-state index is 12.0. The second kappa shape index (κ2) is 6.66. The van der Waals surface area contributed by atoms with Gasteiger partial charge >= 0.3 is 51.4 Å². The van der Waals surface area contributed by atoms with Gasteiger partial charge in [0.2, 0.25) is 0 Å². The standard InChI is InChI=1S/C13H12ClNOS.K/c1-7-3-4-9(5-11(7)14)13-12(16)10(6-17-13)8(2)15;/h3-6,15-16H,1-2H3;/q;+1/p-1. The van der Waals surface area contributed by atoms with E-state index in [1.807, 2.05) is 19.1 Å². The molecular formula is C13H11ClKNOS. The van der Waals surface area contributed by atoms with Crippen LogP contribution in [0.15, 0.2) is 23.6 Å². The van der Waals surface area contributed by atoms with Crippen molar-refractivity contribution in [1.29, 1.82) is 5.41 Å². The van der Waals surface area contributed by atoms with Gasteiger partial charge in [-0.1, -0.05) is 29.5 Å². The minimum Gasteiger partial charge on any atom is -0.871 e. The van der Waals surface area contributed by atoms with Crippen LogP contribution in [0.4, 0.5) is 0 Å². The molecule has 2 aromatic rings. The fourth-order valence-corrected chi connectivity index (χ4v) is 2.72. The topological polar surface area (TPSA) is 46.9 Å². The van der Waals surface area contributed by atoms with Crippen molar-refractivity contribution >= 4 is 28.6 Å². The van der Waals surface area contributed by atoms with Gasteiger partial charge in [0.15, 0.2) is 0 Å². The van der Waals surface area contributed by atoms with Crippen molar-refractivity contribution in [2.75, 3.05) is 0 Å². The second-order valence-electron chi connectivity index (χ2n) is 3.90. The van der Waals surface area contributed by atoms with Crippen LogP contribution in [-0.4, -0.2) is 5.71 Å². The van der Waals surface area contributed by atoms with E-state index in [0.717, 1.165) is 11.1 Å². The molecule has 1 heterocycles. The number of nitrogens with one attached hydrogen (secondary N) is 1. The Kier molecular flexibility index (Phi) is 6.05. The smallest absolute Gasteiger partial charge is 0.871 e. The third kappa shape index (κ3) is 3.25. The fraction of sp³-hybridized carbons (Fsp3) is 0.154. The van der Waals surface area contributed by atoms with E-state index in [-0.39, 0.29) is 57.1 Å². The number of benzene rings is 1. The number of halogens is 1. The molecule has 0 saturated heterocycles. The minimum atomic E-state index is -0.0811. The summed E-state index contributed by atoms with van der Waals surface area (Å²) >= 11 is 7.41. The van der Waals surface area contributed by atoms with Crippen LogP contribution in [0.25, 0.3) is 10.4 Å². The summed E-state index contributed by atoms with van der Waals surface area (Å²) in [7, 11) is 0. The zero-order valence-electron chi connectivity index (χ0n) is 10.5. The Morgan fingerprint density at radius 3 is 2.56 bits per heavy atom. The molecule has 2 nitrogen and oxygen atoms in total. The molecule has 88 valence electrons. The summed E-state index contributed by atoms with van der Waals surface area (Å²) in [5, 5.41) is 21.9. The third-order valence-corrected chi connectivity index (χ3v) is 4.00. The van der Waals surface area contributed by atoms with Crippen LogP contribution in [0.5, 0.6) is 5.75 Å². The van der Waals surface area contributed by atoms with E-state index in [4.69, 9.17) is 17.0 Å². The van der Waals surface area contributed by atoms with Crippen molar-refractivity contribution in [1.82, 2.24) is 0 Å². The zero-order chi connectivity index (χ0) is 12.6. The van der Waals surface area contributed by atoms with Crippen molar-refractivity contribution in [2.45, 2.75) is 13.8 Å². The molecule has 0 radical (unpaired) electrons. The Hall–Kier alpha value is 0.316. The van der Waals surface area contributed by atoms with Crippen molar-refractivity contribution in [2.24, 2.45) is 0 Å². The van der Waals surface area contributed by atoms with E-state index < -0.39 is 0 Å². The first kappa shape index (κ1) is 16.4. The zero-order valence-corrected chi connectivity index (χ0v) is 15.2. The Balaban J connectivity index is 0.00000162. The van der Waals surface area contributed by atoms with Gasteiger partial charge < -0.3 is 10.5 Å². The predicted molar refractivity (Wildman–Crippen MR) is 71.5 cm³/mol. The number of hydrogen-bond donors (Lipinski definition) is 1. The maximum Gasteiger partial charge on any atom is 1.00 e. The number of thiophene rings is 1. The van der Waals surface area contributed by atoms with Gasteiger partial charge in [0.05, 0.1) is 0 Å². The van der Waals surface area contributed by atoms with Gasteiger partial charge in [-0.2, -0.15) is 0 Å². The average molecular weight is 304 g/mol. The molecule has 2 rings (SSSR count). The van der Waals surface area contributed by atoms with E-state index in [0.29, 0.717) is 21.2 Å².